The van der Waals surface area contributed by atoms with Gasteiger partial charge in [0.2, 0.25) is 0 Å². The number of carboxylic acids is 1. The molecule has 0 aliphatic rings. The van der Waals surface area contributed by atoms with E-state index in [4.69, 9.17) is 9.84 Å². The predicted molar refractivity (Wildman–Crippen MR) is 56.3 cm³/mol. The number of carbonyl (C=O) groups excluding carboxylic acids is 1. The fraction of sp³-hybridized carbons (Fsp3) is 0.400. The van der Waals surface area contributed by atoms with Gasteiger partial charge in [-0.1, -0.05) is 0 Å². The van der Waals surface area contributed by atoms with E-state index in [2.05, 4.69) is 5.32 Å². The number of methoxy groups -OCH3 is 1. The second-order valence-electron chi connectivity index (χ2n) is 3.16. The van der Waals surface area contributed by atoms with Gasteiger partial charge in [0.05, 0.1) is 6.61 Å². The molecule has 6 heteroatoms. The van der Waals surface area contributed by atoms with Crippen LogP contribution in [-0.2, 0) is 16.1 Å². The Balaban J connectivity index is 2.60. The van der Waals surface area contributed by atoms with Gasteiger partial charge in [-0.25, -0.2) is 0 Å². The number of ether oxygens (including phenoxy) is 1. The lowest BCUT2D eigenvalue weighted by Gasteiger charge is -2.07. The number of amides is 1. The summed E-state index contributed by atoms with van der Waals surface area (Å²) in [6, 6.07) is 3.36. The van der Waals surface area contributed by atoms with Crippen LogP contribution in [0.3, 0.4) is 0 Å². The standard InChI is InChI=1S/C10H14N2O4/c1-16-6-5-12-4-2-3-8(12)10(15)11-7-9(13)14/h2-4H,5-7H2,1H3,(H,11,15)(H,13,14). The third-order valence-electron chi connectivity index (χ3n) is 2.00. The normalized spacial score (nSPS) is 10.1. The Hall–Kier alpha value is -1.82. The van der Waals surface area contributed by atoms with Crippen LogP contribution in [0, 0.1) is 0 Å². The van der Waals surface area contributed by atoms with Gasteiger partial charge < -0.3 is 19.7 Å². The van der Waals surface area contributed by atoms with Gasteiger partial charge in [0.1, 0.15) is 12.2 Å². The molecule has 1 rings (SSSR count). The first-order chi connectivity index (χ1) is 7.65. The minimum absolute atomic E-state index is 0.381. The quantitative estimate of drug-likeness (QED) is 0.712. The molecule has 16 heavy (non-hydrogen) atoms. The number of nitrogens with one attached hydrogen (secondary N) is 1. The largest absolute Gasteiger partial charge is 0.480 e. The SMILES string of the molecule is COCCn1cccc1C(=O)NCC(=O)O. The maximum absolute atomic E-state index is 11.6. The number of hydrogen-bond donors (Lipinski definition) is 2. The average molecular weight is 226 g/mol. The number of aromatic nitrogens is 1. The summed E-state index contributed by atoms with van der Waals surface area (Å²) in [6.07, 6.45) is 1.74. The molecule has 1 heterocycles. The molecule has 1 amide bonds. The predicted octanol–water partition coefficient (Wildman–Crippen LogP) is -0.0511. The van der Waals surface area contributed by atoms with E-state index in [1.54, 1.807) is 30.0 Å². The van der Waals surface area contributed by atoms with E-state index in [0.717, 1.165) is 0 Å². The first-order valence-electron chi connectivity index (χ1n) is 4.79. The maximum atomic E-state index is 11.6. The average Bonchev–Trinajstić information content (AvgIpc) is 2.71. The van der Waals surface area contributed by atoms with Crippen molar-refractivity contribution in [3.8, 4) is 0 Å². The van der Waals surface area contributed by atoms with Crippen molar-refractivity contribution in [2.24, 2.45) is 0 Å². The van der Waals surface area contributed by atoms with Crippen molar-refractivity contribution in [1.29, 1.82) is 0 Å². The van der Waals surface area contributed by atoms with Crippen LogP contribution in [0.1, 0.15) is 10.5 Å². The zero-order valence-corrected chi connectivity index (χ0v) is 8.97. The third-order valence-corrected chi connectivity index (χ3v) is 2.00. The molecule has 1 aromatic rings. The molecule has 0 bridgehead atoms. The molecule has 2 N–H and O–H groups in total. The van der Waals surface area contributed by atoms with Crippen molar-refractivity contribution in [2.75, 3.05) is 20.3 Å². The number of hydrogen-bond acceptors (Lipinski definition) is 3. The van der Waals surface area contributed by atoms with Crippen molar-refractivity contribution in [3.63, 3.8) is 0 Å². The maximum Gasteiger partial charge on any atom is 0.322 e. The van der Waals surface area contributed by atoms with Gasteiger partial charge in [-0.15, -0.1) is 0 Å². The van der Waals surface area contributed by atoms with Crippen LogP contribution in [0.5, 0.6) is 0 Å². The second-order valence-corrected chi connectivity index (χ2v) is 3.16. The summed E-state index contributed by atoms with van der Waals surface area (Å²) in [5, 5.41) is 10.7. The summed E-state index contributed by atoms with van der Waals surface area (Å²) >= 11 is 0. The molecule has 0 spiro atoms. The monoisotopic (exact) mass is 226 g/mol. The molecule has 0 aliphatic heterocycles. The highest BCUT2D eigenvalue weighted by Crippen LogP contribution is 2.02. The smallest absolute Gasteiger partial charge is 0.322 e. The molecule has 6 nitrogen and oxygen atoms in total. The number of aliphatic carboxylic acids is 1. The molecule has 0 saturated heterocycles. The van der Waals surface area contributed by atoms with E-state index >= 15 is 0 Å². The lowest BCUT2D eigenvalue weighted by atomic mass is 10.4. The Kier molecular flexibility index (Phi) is 4.53. The summed E-state index contributed by atoms with van der Waals surface area (Å²) in [7, 11) is 1.58. The molecule has 0 unspecified atom stereocenters. The molecule has 0 aromatic carbocycles. The van der Waals surface area contributed by atoms with Gasteiger partial charge in [0, 0.05) is 19.9 Å². The van der Waals surface area contributed by atoms with Gasteiger partial charge in [-0.2, -0.15) is 0 Å². The van der Waals surface area contributed by atoms with Crippen LogP contribution >= 0.6 is 0 Å². The zero-order valence-electron chi connectivity index (χ0n) is 8.97. The minimum Gasteiger partial charge on any atom is -0.480 e. The Labute approximate surface area is 92.8 Å². The van der Waals surface area contributed by atoms with Crippen molar-refractivity contribution < 1.29 is 19.4 Å². The highest BCUT2D eigenvalue weighted by molar-refractivity contribution is 5.94. The Morgan fingerprint density at radius 3 is 2.94 bits per heavy atom. The summed E-state index contributed by atoms with van der Waals surface area (Å²) in [6.45, 7) is 0.668. The molecular formula is C10H14N2O4. The van der Waals surface area contributed by atoms with Crippen LogP contribution in [0.25, 0.3) is 0 Å². The van der Waals surface area contributed by atoms with Crippen molar-refractivity contribution in [1.82, 2.24) is 9.88 Å². The molecule has 88 valence electrons. The summed E-state index contributed by atoms with van der Waals surface area (Å²) < 4.78 is 6.61. The number of carboxylic acid groups (broad SMARTS) is 1. The van der Waals surface area contributed by atoms with Crippen LogP contribution < -0.4 is 5.32 Å². The van der Waals surface area contributed by atoms with Gasteiger partial charge in [0.15, 0.2) is 0 Å². The van der Waals surface area contributed by atoms with Crippen molar-refractivity contribution in [3.05, 3.63) is 24.0 Å². The minimum atomic E-state index is -1.07. The summed E-state index contributed by atoms with van der Waals surface area (Å²) in [5.41, 5.74) is 0.429. The lowest BCUT2D eigenvalue weighted by molar-refractivity contribution is -0.135. The third kappa shape index (κ3) is 3.39. The fourth-order valence-corrected chi connectivity index (χ4v) is 1.25. The first kappa shape index (κ1) is 12.3. The molecule has 0 saturated carbocycles. The summed E-state index contributed by atoms with van der Waals surface area (Å²) in [5.74, 6) is -1.47. The zero-order chi connectivity index (χ0) is 12.0. The van der Waals surface area contributed by atoms with Gasteiger partial charge >= 0.3 is 5.97 Å². The molecular weight excluding hydrogens is 212 g/mol. The Morgan fingerprint density at radius 1 is 1.56 bits per heavy atom. The first-order valence-corrected chi connectivity index (χ1v) is 4.79. The Bertz CT molecular complexity index is 373. The lowest BCUT2D eigenvalue weighted by Crippen LogP contribution is -2.31. The number of carbonyl (C=O) groups is 2. The van der Waals surface area contributed by atoms with Crippen molar-refractivity contribution in [2.45, 2.75) is 6.54 Å². The van der Waals surface area contributed by atoms with E-state index in [0.29, 0.717) is 18.8 Å². The molecule has 0 aliphatic carbocycles. The van der Waals surface area contributed by atoms with Crippen LogP contribution in [-0.4, -0.2) is 41.8 Å². The molecule has 1 aromatic heterocycles. The van der Waals surface area contributed by atoms with Gasteiger partial charge in [-0.3, -0.25) is 9.59 Å². The number of rotatable bonds is 6. The Morgan fingerprint density at radius 2 is 2.31 bits per heavy atom. The van der Waals surface area contributed by atoms with E-state index < -0.39 is 11.9 Å². The van der Waals surface area contributed by atoms with Crippen molar-refractivity contribution >= 4 is 11.9 Å². The molecule has 0 fully saturated rings. The topological polar surface area (TPSA) is 80.6 Å². The second kappa shape index (κ2) is 5.92. The van der Waals surface area contributed by atoms with E-state index in [-0.39, 0.29) is 6.54 Å². The highest BCUT2D eigenvalue weighted by atomic mass is 16.5. The van der Waals surface area contributed by atoms with Gasteiger partial charge in [0.25, 0.3) is 5.91 Å². The van der Waals surface area contributed by atoms with E-state index in [9.17, 15) is 9.59 Å². The van der Waals surface area contributed by atoms with E-state index in [1.807, 2.05) is 0 Å². The molecule has 0 atom stereocenters. The number of nitrogens with zero attached hydrogens (tertiary/aromatic N) is 1. The fourth-order valence-electron chi connectivity index (χ4n) is 1.25. The molecule has 0 radical (unpaired) electrons. The summed E-state index contributed by atoms with van der Waals surface area (Å²) in [4.78, 5) is 21.8. The van der Waals surface area contributed by atoms with Gasteiger partial charge in [-0.05, 0) is 12.1 Å². The van der Waals surface area contributed by atoms with Crippen LogP contribution in [0.15, 0.2) is 18.3 Å². The van der Waals surface area contributed by atoms with E-state index in [1.165, 1.54) is 0 Å². The van der Waals surface area contributed by atoms with Crippen LogP contribution in [0.2, 0.25) is 0 Å². The highest BCUT2D eigenvalue weighted by Gasteiger charge is 2.11. The van der Waals surface area contributed by atoms with Crippen LogP contribution in [0.4, 0.5) is 0 Å².